The van der Waals surface area contributed by atoms with Crippen LogP contribution in [0.1, 0.15) is 57.4 Å². The first-order chi connectivity index (χ1) is 13.3. The van der Waals surface area contributed by atoms with Gasteiger partial charge in [-0.05, 0) is 37.0 Å². The lowest BCUT2D eigenvalue weighted by atomic mass is 9.87. The average molecular weight is 431 g/mol. The molecule has 0 heterocycles. The van der Waals surface area contributed by atoms with Gasteiger partial charge in [0.05, 0.1) is 23.1 Å². The summed E-state index contributed by atoms with van der Waals surface area (Å²) in [4.78, 5) is 33.8. The predicted octanol–water partition coefficient (Wildman–Crippen LogP) is 4.68. The van der Waals surface area contributed by atoms with E-state index in [2.05, 4.69) is 15.4 Å². The quantitative estimate of drug-likeness (QED) is 0.663. The summed E-state index contributed by atoms with van der Waals surface area (Å²) >= 11 is 12.1. The Kier molecular flexibility index (Phi) is 10.9. The first-order valence-corrected chi connectivity index (χ1v) is 10.1. The first kappa shape index (κ1) is 24.2. The number of rotatable bonds is 5. The van der Waals surface area contributed by atoms with Crippen LogP contribution in [-0.2, 0) is 14.3 Å². The fourth-order valence-corrected chi connectivity index (χ4v) is 3.41. The molecule has 28 heavy (non-hydrogen) atoms. The van der Waals surface area contributed by atoms with Gasteiger partial charge in [-0.15, -0.1) is 0 Å². The average Bonchev–Trinajstić information content (AvgIpc) is 3.16. The van der Waals surface area contributed by atoms with Crippen molar-refractivity contribution in [1.82, 2.24) is 10.6 Å². The van der Waals surface area contributed by atoms with Crippen molar-refractivity contribution < 1.29 is 19.1 Å². The van der Waals surface area contributed by atoms with Gasteiger partial charge in [-0.25, -0.2) is 4.79 Å². The molecule has 1 unspecified atom stereocenters. The highest BCUT2D eigenvalue weighted by atomic mass is 35.5. The third-order valence-electron chi connectivity index (χ3n) is 4.57. The van der Waals surface area contributed by atoms with Crippen LogP contribution >= 0.6 is 23.2 Å². The van der Waals surface area contributed by atoms with E-state index in [1.807, 2.05) is 6.07 Å². The minimum absolute atomic E-state index is 0.245. The number of methoxy groups -OCH3 is 1. The van der Waals surface area contributed by atoms with Gasteiger partial charge in [0.1, 0.15) is 0 Å². The summed E-state index contributed by atoms with van der Waals surface area (Å²) in [6, 6.07) is 4.76. The Hall–Kier alpha value is -1.79. The number of benzene rings is 1. The SMILES string of the molecule is CCNC(=O)NC(=O)C(CC1CCCC1)c1ccc(Cl)c(Cl)c1.COC(C)=O. The Morgan fingerprint density at radius 2 is 1.79 bits per heavy atom. The summed E-state index contributed by atoms with van der Waals surface area (Å²) in [5, 5.41) is 5.88. The Morgan fingerprint density at radius 3 is 2.29 bits per heavy atom. The molecule has 1 aromatic carbocycles. The number of halogens is 2. The summed E-state index contributed by atoms with van der Waals surface area (Å²) in [6.45, 7) is 3.64. The van der Waals surface area contributed by atoms with Gasteiger partial charge in [-0.2, -0.15) is 0 Å². The highest BCUT2D eigenvalue weighted by Crippen LogP contribution is 2.36. The molecule has 1 fully saturated rings. The summed E-state index contributed by atoms with van der Waals surface area (Å²) < 4.78 is 4.11. The number of hydrogen-bond acceptors (Lipinski definition) is 4. The van der Waals surface area contributed by atoms with E-state index in [0.717, 1.165) is 24.8 Å². The van der Waals surface area contributed by atoms with E-state index in [9.17, 15) is 14.4 Å². The predicted molar refractivity (Wildman–Crippen MR) is 111 cm³/mol. The number of hydrogen-bond donors (Lipinski definition) is 2. The lowest BCUT2D eigenvalue weighted by Gasteiger charge is -2.20. The second-order valence-electron chi connectivity index (χ2n) is 6.66. The molecule has 156 valence electrons. The van der Waals surface area contributed by atoms with Crippen LogP contribution in [0.2, 0.25) is 10.0 Å². The highest BCUT2D eigenvalue weighted by molar-refractivity contribution is 6.42. The van der Waals surface area contributed by atoms with E-state index < -0.39 is 11.9 Å². The van der Waals surface area contributed by atoms with Gasteiger partial charge >= 0.3 is 12.0 Å². The number of urea groups is 1. The van der Waals surface area contributed by atoms with Crippen molar-refractivity contribution >= 4 is 41.1 Å². The minimum atomic E-state index is -0.464. The maximum atomic E-state index is 12.6. The van der Waals surface area contributed by atoms with Gasteiger partial charge in [0.25, 0.3) is 0 Å². The molecule has 1 aliphatic carbocycles. The molecule has 1 atom stereocenters. The normalized spacial score (nSPS) is 14.5. The Balaban J connectivity index is 0.000000696. The van der Waals surface area contributed by atoms with Gasteiger partial charge in [0.15, 0.2) is 0 Å². The van der Waals surface area contributed by atoms with Gasteiger partial charge < -0.3 is 10.1 Å². The number of imide groups is 1. The summed E-state index contributed by atoms with van der Waals surface area (Å²) in [7, 11) is 1.35. The van der Waals surface area contributed by atoms with E-state index in [4.69, 9.17) is 23.2 Å². The van der Waals surface area contributed by atoms with Crippen molar-refractivity contribution in [3.8, 4) is 0 Å². The molecular formula is C20H28Cl2N2O4. The number of nitrogens with one attached hydrogen (secondary N) is 2. The molecule has 1 saturated carbocycles. The lowest BCUT2D eigenvalue weighted by molar-refractivity contribution is -0.138. The maximum Gasteiger partial charge on any atom is 0.321 e. The standard InChI is InChI=1S/C17H22Cl2N2O2.C3H6O2/c1-2-20-17(23)21-16(22)13(9-11-5-3-4-6-11)12-7-8-14(18)15(19)10-12;1-3(4)5-2/h7-8,10-11,13H,2-6,9H2,1H3,(H2,20,21,22,23);1-2H3. The highest BCUT2D eigenvalue weighted by Gasteiger charge is 2.28. The van der Waals surface area contributed by atoms with Crippen molar-refractivity contribution in [1.29, 1.82) is 0 Å². The summed E-state index contributed by atoms with van der Waals surface area (Å²) in [5.74, 6) is -0.420. The van der Waals surface area contributed by atoms with Gasteiger partial charge in [0, 0.05) is 13.5 Å². The molecule has 0 aromatic heterocycles. The van der Waals surface area contributed by atoms with Crippen LogP contribution < -0.4 is 10.6 Å². The molecule has 2 rings (SSSR count). The van der Waals surface area contributed by atoms with Crippen molar-refractivity contribution in [2.45, 2.75) is 51.9 Å². The molecule has 1 aromatic rings. The monoisotopic (exact) mass is 430 g/mol. The molecule has 0 radical (unpaired) electrons. The molecule has 0 spiro atoms. The Morgan fingerprint density at radius 1 is 1.18 bits per heavy atom. The third kappa shape index (κ3) is 8.48. The second-order valence-corrected chi connectivity index (χ2v) is 7.47. The molecule has 0 saturated heterocycles. The zero-order valence-corrected chi connectivity index (χ0v) is 18.0. The van der Waals surface area contributed by atoms with Crippen molar-refractivity contribution in [3.63, 3.8) is 0 Å². The Labute approximate surface area is 176 Å². The van der Waals surface area contributed by atoms with Crippen LogP contribution in [0.15, 0.2) is 18.2 Å². The van der Waals surface area contributed by atoms with Crippen LogP contribution in [0.3, 0.4) is 0 Å². The van der Waals surface area contributed by atoms with Crippen LogP contribution in [0, 0.1) is 5.92 Å². The number of amides is 3. The topological polar surface area (TPSA) is 84.5 Å². The number of ether oxygens (including phenoxy) is 1. The summed E-state index contributed by atoms with van der Waals surface area (Å²) in [6.07, 6.45) is 5.40. The van der Waals surface area contributed by atoms with Crippen molar-refractivity contribution in [2.75, 3.05) is 13.7 Å². The molecule has 6 nitrogen and oxygen atoms in total. The molecule has 2 N–H and O–H groups in total. The zero-order chi connectivity index (χ0) is 21.1. The lowest BCUT2D eigenvalue weighted by Crippen LogP contribution is -2.42. The third-order valence-corrected chi connectivity index (χ3v) is 5.31. The summed E-state index contributed by atoms with van der Waals surface area (Å²) in [5.41, 5.74) is 0.799. The molecular weight excluding hydrogens is 403 g/mol. The second kappa shape index (κ2) is 12.6. The van der Waals surface area contributed by atoms with E-state index in [1.54, 1.807) is 19.1 Å². The molecule has 0 bridgehead atoms. The van der Waals surface area contributed by atoms with Gasteiger partial charge in [-0.3, -0.25) is 14.9 Å². The Bertz CT molecular complexity index is 676. The molecule has 0 aliphatic heterocycles. The van der Waals surface area contributed by atoms with E-state index in [1.165, 1.54) is 26.9 Å². The van der Waals surface area contributed by atoms with Gasteiger partial charge in [-0.1, -0.05) is 55.0 Å². The fourth-order valence-electron chi connectivity index (χ4n) is 3.11. The van der Waals surface area contributed by atoms with Crippen molar-refractivity contribution in [2.24, 2.45) is 5.92 Å². The smallest absolute Gasteiger partial charge is 0.321 e. The van der Waals surface area contributed by atoms with Crippen LogP contribution in [0.5, 0.6) is 0 Å². The van der Waals surface area contributed by atoms with E-state index in [-0.39, 0.29) is 11.9 Å². The first-order valence-electron chi connectivity index (χ1n) is 9.36. The van der Waals surface area contributed by atoms with Crippen LogP contribution in [-0.4, -0.2) is 31.6 Å². The molecule has 3 amide bonds. The van der Waals surface area contributed by atoms with E-state index in [0.29, 0.717) is 22.5 Å². The minimum Gasteiger partial charge on any atom is -0.469 e. The maximum absolute atomic E-state index is 12.6. The largest absolute Gasteiger partial charge is 0.469 e. The van der Waals surface area contributed by atoms with E-state index >= 15 is 0 Å². The van der Waals surface area contributed by atoms with Crippen LogP contribution in [0.4, 0.5) is 4.79 Å². The number of esters is 1. The molecule has 1 aliphatic rings. The van der Waals surface area contributed by atoms with Crippen molar-refractivity contribution in [3.05, 3.63) is 33.8 Å². The van der Waals surface area contributed by atoms with Crippen LogP contribution in [0.25, 0.3) is 0 Å². The fraction of sp³-hybridized carbons (Fsp3) is 0.550. The molecule has 8 heteroatoms. The van der Waals surface area contributed by atoms with Gasteiger partial charge in [0.2, 0.25) is 5.91 Å². The number of carbonyl (C=O) groups is 3. The zero-order valence-electron chi connectivity index (χ0n) is 16.5. The number of carbonyl (C=O) groups excluding carboxylic acids is 3.